The van der Waals surface area contributed by atoms with Gasteiger partial charge in [0.05, 0.1) is 10.2 Å². The molecule has 3 heteroatoms. The van der Waals surface area contributed by atoms with Crippen molar-refractivity contribution in [1.82, 2.24) is 0 Å². The lowest BCUT2D eigenvalue weighted by molar-refractivity contribution is 0.151. The van der Waals surface area contributed by atoms with E-state index in [-0.39, 0.29) is 6.10 Å². The van der Waals surface area contributed by atoms with Crippen LogP contribution in [-0.4, -0.2) is 26.8 Å². The summed E-state index contributed by atoms with van der Waals surface area (Å²) >= 11 is 4.19. The molecular formula is C9H16OS2. The van der Waals surface area contributed by atoms with Gasteiger partial charge in [-0.15, -0.1) is 23.5 Å². The second kappa shape index (κ2) is 3.81. The van der Waals surface area contributed by atoms with Gasteiger partial charge in [-0.1, -0.05) is 6.42 Å². The number of hydrogen-bond acceptors (Lipinski definition) is 3. The molecule has 0 aromatic rings. The first-order valence-electron chi connectivity index (χ1n) is 4.77. The molecule has 1 nitrogen and oxygen atoms in total. The monoisotopic (exact) mass is 204 g/mol. The van der Waals surface area contributed by atoms with Crippen LogP contribution in [0.4, 0.5) is 0 Å². The van der Waals surface area contributed by atoms with Crippen LogP contribution in [0.1, 0.15) is 32.1 Å². The van der Waals surface area contributed by atoms with Gasteiger partial charge in [-0.05, 0) is 37.2 Å². The van der Waals surface area contributed by atoms with E-state index in [1.807, 2.05) is 0 Å². The van der Waals surface area contributed by atoms with E-state index >= 15 is 0 Å². The molecule has 0 amide bonds. The van der Waals surface area contributed by atoms with Crippen LogP contribution < -0.4 is 0 Å². The fourth-order valence-electron chi connectivity index (χ4n) is 2.00. The lowest BCUT2D eigenvalue weighted by atomic mass is 10.1. The molecule has 0 unspecified atom stereocenters. The molecule has 0 saturated carbocycles. The second-order valence-corrected chi connectivity index (χ2v) is 6.93. The lowest BCUT2D eigenvalue weighted by Crippen LogP contribution is -2.34. The highest BCUT2D eigenvalue weighted by Crippen LogP contribution is 2.51. The van der Waals surface area contributed by atoms with Crippen LogP contribution in [0.3, 0.4) is 0 Å². The highest BCUT2D eigenvalue weighted by Gasteiger charge is 2.38. The summed E-state index contributed by atoms with van der Waals surface area (Å²) in [6.07, 6.45) is 6.08. The minimum atomic E-state index is -0.0168. The molecule has 0 bridgehead atoms. The molecule has 70 valence electrons. The Hall–Kier alpha value is 0.660. The van der Waals surface area contributed by atoms with Gasteiger partial charge in [0.15, 0.2) is 0 Å². The lowest BCUT2D eigenvalue weighted by Gasteiger charge is -2.40. The highest BCUT2D eigenvalue weighted by molar-refractivity contribution is 8.18. The fraction of sp³-hybridized carbons (Fsp3) is 1.00. The Morgan fingerprint density at radius 3 is 2.67 bits per heavy atom. The van der Waals surface area contributed by atoms with Crippen molar-refractivity contribution in [3.8, 4) is 0 Å². The molecule has 0 aromatic carbocycles. The molecule has 2 atom stereocenters. The van der Waals surface area contributed by atoms with E-state index in [1.165, 1.54) is 25.0 Å². The first-order valence-corrected chi connectivity index (χ1v) is 6.74. The Labute approximate surface area is 82.7 Å². The molecule has 2 saturated heterocycles. The van der Waals surface area contributed by atoms with E-state index < -0.39 is 0 Å². The van der Waals surface area contributed by atoms with Gasteiger partial charge in [0.1, 0.15) is 0 Å². The molecule has 2 aliphatic heterocycles. The summed E-state index contributed by atoms with van der Waals surface area (Å²) in [5.41, 5.74) is 0. The van der Waals surface area contributed by atoms with Crippen LogP contribution in [0.2, 0.25) is 0 Å². The normalized spacial score (nSPS) is 43.2. The van der Waals surface area contributed by atoms with Crippen molar-refractivity contribution < 1.29 is 5.11 Å². The summed E-state index contributed by atoms with van der Waals surface area (Å²) in [5, 5.41) is 9.60. The highest BCUT2D eigenvalue weighted by atomic mass is 32.2. The quantitative estimate of drug-likeness (QED) is 0.654. The van der Waals surface area contributed by atoms with E-state index in [0.717, 1.165) is 18.6 Å². The van der Waals surface area contributed by atoms with Gasteiger partial charge in [0, 0.05) is 0 Å². The largest absolute Gasteiger partial charge is 0.393 e. The molecule has 2 rings (SSSR count). The molecule has 0 aromatic heterocycles. The van der Waals surface area contributed by atoms with E-state index in [2.05, 4.69) is 23.5 Å². The third-order valence-corrected chi connectivity index (χ3v) is 6.11. The first-order chi connectivity index (χ1) is 5.81. The van der Waals surface area contributed by atoms with Crippen molar-refractivity contribution in [3.63, 3.8) is 0 Å². The summed E-state index contributed by atoms with van der Waals surface area (Å²) < 4.78 is 0.413. The number of aliphatic hydroxyl groups is 1. The Morgan fingerprint density at radius 1 is 1.17 bits per heavy atom. The van der Waals surface area contributed by atoms with Crippen LogP contribution in [0, 0.1) is 0 Å². The van der Waals surface area contributed by atoms with Gasteiger partial charge >= 0.3 is 0 Å². The molecule has 12 heavy (non-hydrogen) atoms. The molecule has 0 aliphatic carbocycles. The third-order valence-electron chi connectivity index (χ3n) is 2.68. The summed E-state index contributed by atoms with van der Waals surface area (Å²) in [7, 11) is 0. The molecule has 0 radical (unpaired) electrons. The zero-order valence-electron chi connectivity index (χ0n) is 7.29. The van der Waals surface area contributed by atoms with Crippen molar-refractivity contribution in [3.05, 3.63) is 0 Å². The Balaban J connectivity index is 1.97. The third kappa shape index (κ3) is 1.94. The Morgan fingerprint density at radius 2 is 2.00 bits per heavy atom. The summed E-state index contributed by atoms with van der Waals surface area (Å²) in [6.45, 7) is 0. The van der Waals surface area contributed by atoms with Gasteiger partial charge in [-0.3, -0.25) is 0 Å². The summed E-state index contributed by atoms with van der Waals surface area (Å²) in [6, 6.07) is 0. The number of aliphatic hydroxyl groups excluding tert-OH is 1. The molecule has 1 spiro atoms. The van der Waals surface area contributed by atoms with Gasteiger partial charge in [-0.2, -0.15) is 0 Å². The Bertz CT molecular complexity index is 149. The van der Waals surface area contributed by atoms with Crippen molar-refractivity contribution in [1.29, 1.82) is 0 Å². The van der Waals surface area contributed by atoms with E-state index in [0.29, 0.717) is 4.08 Å². The predicted molar refractivity (Wildman–Crippen MR) is 56.7 cm³/mol. The SMILES string of the molecule is O[C@H]1CCS[C@]2(CCCCS2)C1. The summed E-state index contributed by atoms with van der Waals surface area (Å²) in [4.78, 5) is 0. The van der Waals surface area contributed by atoms with Crippen LogP contribution >= 0.6 is 23.5 Å². The average molecular weight is 204 g/mol. The Kier molecular flexibility index (Phi) is 2.93. The van der Waals surface area contributed by atoms with Gasteiger partial charge in [-0.25, -0.2) is 0 Å². The maximum atomic E-state index is 9.60. The maximum absolute atomic E-state index is 9.60. The van der Waals surface area contributed by atoms with Crippen LogP contribution in [-0.2, 0) is 0 Å². The standard InChI is InChI=1S/C9H16OS2/c10-8-3-6-12-9(7-8)4-1-2-5-11-9/h8,10H,1-7H2/t8-,9+/m0/s1. The zero-order valence-corrected chi connectivity index (χ0v) is 8.92. The molecular weight excluding hydrogens is 188 g/mol. The average Bonchev–Trinajstić information content (AvgIpc) is 2.05. The van der Waals surface area contributed by atoms with Gasteiger partial charge in [0.2, 0.25) is 0 Å². The van der Waals surface area contributed by atoms with Gasteiger partial charge < -0.3 is 5.11 Å². The smallest absolute Gasteiger partial charge is 0.0635 e. The minimum absolute atomic E-state index is 0.0168. The van der Waals surface area contributed by atoms with Crippen molar-refractivity contribution >= 4 is 23.5 Å². The van der Waals surface area contributed by atoms with Crippen molar-refractivity contribution in [2.24, 2.45) is 0 Å². The molecule has 2 heterocycles. The van der Waals surface area contributed by atoms with Gasteiger partial charge in [0.25, 0.3) is 0 Å². The molecule has 2 fully saturated rings. The summed E-state index contributed by atoms with van der Waals surface area (Å²) in [5.74, 6) is 2.47. The minimum Gasteiger partial charge on any atom is -0.393 e. The predicted octanol–water partition coefficient (Wildman–Crippen LogP) is 2.49. The van der Waals surface area contributed by atoms with E-state index in [9.17, 15) is 5.11 Å². The number of hydrogen-bond donors (Lipinski definition) is 1. The van der Waals surface area contributed by atoms with Crippen LogP contribution in [0.5, 0.6) is 0 Å². The molecule has 1 N–H and O–H groups in total. The van der Waals surface area contributed by atoms with E-state index in [1.54, 1.807) is 0 Å². The van der Waals surface area contributed by atoms with Crippen LogP contribution in [0.25, 0.3) is 0 Å². The molecule has 2 aliphatic rings. The maximum Gasteiger partial charge on any atom is 0.0635 e. The number of rotatable bonds is 0. The topological polar surface area (TPSA) is 20.2 Å². The zero-order chi connectivity index (χ0) is 8.44. The van der Waals surface area contributed by atoms with Crippen molar-refractivity contribution in [2.45, 2.75) is 42.3 Å². The first kappa shape index (κ1) is 9.22. The second-order valence-electron chi connectivity index (χ2n) is 3.71. The fourth-order valence-corrected chi connectivity index (χ4v) is 5.52. The van der Waals surface area contributed by atoms with Crippen molar-refractivity contribution in [2.75, 3.05) is 11.5 Å². The van der Waals surface area contributed by atoms with Crippen LogP contribution in [0.15, 0.2) is 0 Å². The number of thioether (sulfide) groups is 2. The van der Waals surface area contributed by atoms with E-state index in [4.69, 9.17) is 0 Å².